The van der Waals surface area contributed by atoms with Crippen LogP contribution in [0.2, 0.25) is 0 Å². The van der Waals surface area contributed by atoms with E-state index in [9.17, 15) is 22.4 Å². The molecule has 1 fully saturated rings. The second-order valence-electron chi connectivity index (χ2n) is 7.09. The largest absolute Gasteiger partial charge is 0.444 e. The van der Waals surface area contributed by atoms with Crippen molar-refractivity contribution in [2.45, 2.75) is 45.0 Å². The van der Waals surface area contributed by atoms with Gasteiger partial charge in [-0.3, -0.25) is 0 Å². The summed E-state index contributed by atoms with van der Waals surface area (Å²) in [6.07, 6.45) is -4.53. The number of hydrogen-bond acceptors (Lipinski definition) is 3. The lowest BCUT2D eigenvalue weighted by Gasteiger charge is -2.35. The van der Waals surface area contributed by atoms with Crippen molar-refractivity contribution in [2.24, 2.45) is 0 Å². The molecule has 2 rings (SSSR count). The molecule has 4 nitrogen and oxygen atoms in total. The number of rotatable bonds is 4. The summed E-state index contributed by atoms with van der Waals surface area (Å²) in [6, 6.07) is 2.05. The number of likely N-dealkylation sites (tertiary alicyclic amines) is 1. The number of amides is 1. The molecule has 0 unspecified atom stereocenters. The molecule has 1 N–H and O–H groups in total. The zero-order valence-electron chi connectivity index (χ0n) is 14.4. The third-order valence-electron chi connectivity index (χ3n) is 3.78. The van der Waals surface area contributed by atoms with Gasteiger partial charge in [-0.05, 0) is 58.0 Å². The fourth-order valence-electron chi connectivity index (χ4n) is 2.48. The Morgan fingerprint density at radius 1 is 1.28 bits per heavy atom. The molecule has 0 aliphatic carbocycles. The van der Waals surface area contributed by atoms with Gasteiger partial charge in [-0.15, -0.1) is 0 Å². The first kappa shape index (κ1) is 19.5. The Labute approximate surface area is 144 Å². The number of halogens is 4. The quantitative estimate of drug-likeness (QED) is 0.820. The normalized spacial score (nSPS) is 16.9. The van der Waals surface area contributed by atoms with Gasteiger partial charge in [0.25, 0.3) is 0 Å². The van der Waals surface area contributed by atoms with Gasteiger partial charge in [0.15, 0.2) is 0 Å². The molecular weight excluding hydrogens is 340 g/mol. The molecule has 1 atom stereocenters. The molecule has 140 valence electrons. The van der Waals surface area contributed by atoms with Crippen molar-refractivity contribution in [1.82, 2.24) is 10.2 Å². The van der Waals surface area contributed by atoms with Crippen LogP contribution in [-0.2, 0) is 10.9 Å². The van der Waals surface area contributed by atoms with E-state index in [1.165, 1.54) is 6.07 Å². The van der Waals surface area contributed by atoms with Crippen LogP contribution < -0.4 is 5.32 Å². The first-order valence-corrected chi connectivity index (χ1v) is 8.04. The van der Waals surface area contributed by atoms with Crippen LogP contribution in [0.25, 0.3) is 0 Å². The molecule has 1 aliphatic rings. The highest BCUT2D eigenvalue weighted by atomic mass is 19.4. The van der Waals surface area contributed by atoms with Gasteiger partial charge in [0.2, 0.25) is 0 Å². The standard InChI is InChI=1S/C17H22F4N2O2/c1-16(2,3)25-15(24)22-14(10-23-7-4-8-23)11-5-6-13(18)12(9-11)17(19,20)21/h5-6,9,14H,4,7-8,10H2,1-3H3,(H,22,24)/t14-/m1/s1. The Morgan fingerprint density at radius 2 is 1.92 bits per heavy atom. The summed E-state index contributed by atoms with van der Waals surface area (Å²) in [5.41, 5.74) is -1.89. The van der Waals surface area contributed by atoms with Crippen molar-refractivity contribution in [3.05, 3.63) is 35.1 Å². The molecule has 8 heteroatoms. The van der Waals surface area contributed by atoms with E-state index in [0.717, 1.165) is 31.6 Å². The molecule has 0 spiro atoms. The van der Waals surface area contributed by atoms with Crippen LogP contribution in [0.5, 0.6) is 0 Å². The molecule has 1 aromatic rings. The topological polar surface area (TPSA) is 41.6 Å². The molecule has 1 heterocycles. The van der Waals surface area contributed by atoms with Gasteiger partial charge in [-0.25, -0.2) is 9.18 Å². The number of ether oxygens (including phenoxy) is 1. The zero-order chi connectivity index (χ0) is 18.8. The van der Waals surface area contributed by atoms with Crippen LogP contribution in [0.4, 0.5) is 22.4 Å². The third-order valence-corrected chi connectivity index (χ3v) is 3.78. The van der Waals surface area contributed by atoms with Crippen molar-refractivity contribution in [1.29, 1.82) is 0 Å². The number of alkyl carbamates (subject to hydrolysis) is 1. The number of alkyl halides is 3. The molecular formula is C17H22F4N2O2. The summed E-state index contributed by atoms with van der Waals surface area (Å²) in [4.78, 5) is 14.0. The van der Waals surface area contributed by atoms with E-state index in [1.807, 2.05) is 4.90 Å². The number of nitrogens with one attached hydrogen (secondary N) is 1. The monoisotopic (exact) mass is 362 g/mol. The number of nitrogens with zero attached hydrogens (tertiary/aromatic N) is 1. The van der Waals surface area contributed by atoms with E-state index in [1.54, 1.807) is 20.8 Å². The van der Waals surface area contributed by atoms with Crippen LogP contribution in [0.15, 0.2) is 18.2 Å². The summed E-state index contributed by atoms with van der Waals surface area (Å²) in [7, 11) is 0. The fraction of sp³-hybridized carbons (Fsp3) is 0.588. The van der Waals surface area contributed by atoms with Crippen LogP contribution in [-0.4, -0.2) is 36.2 Å². The maximum atomic E-state index is 13.5. The van der Waals surface area contributed by atoms with Gasteiger partial charge in [0, 0.05) is 6.54 Å². The summed E-state index contributed by atoms with van der Waals surface area (Å²) in [6.45, 7) is 7.02. The average Bonchev–Trinajstić information content (AvgIpc) is 2.38. The predicted molar refractivity (Wildman–Crippen MR) is 84.6 cm³/mol. The number of carbonyl (C=O) groups is 1. The van der Waals surface area contributed by atoms with E-state index in [4.69, 9.17) is 4.74 Å². The number of benzene rings is 1. The second-order valence-corrected chi connectivity index (χ2v) is 7.09. The van der Waals surface area contributed by atoms with E-state index in [0.29, 0.717) is 6.54 Å². The number of carbonyl (C=O) groups excluding carboxylic acids is 1. The van der Waals surface area contributed by atoms with Crippen molar-refractivity contribution in [3.63, 3.8) is 0 Å². The smallest absolute Gasteiger partial charge is 0.419 e. The predicted octanol–water partition coefficient (Wildman–Crippen LogP) is 4.12. The minimum atomic E-state index is -4.80. The Bertz CT molecular complexity index is 622. The van der Waals surface area contributed by atoms with E-state index in [-0.39, 0.29) is 5.56 Å². The zero-order valence-corrected chi connectivity index (χ0v) is 14.4. The Hall–Kier alpha value is -1.83. The van der Waals surface area contributed by atoms with Gasteiger partial charge >= 0.3 is 12.3 Å². The summed E-state index contributed by atoms with van der Waals surface area (Å²) in [5, 5.41) is 2.59. The lowest BCUT2D eigenvalue weighted by molar-refractivity contribution is -0.140. The van der Waals surface area contributed by atoms with Crippen molar-refractivity contribution in [2.75, 3.05) is 19.6 Å². The first-order valence-electron chi connectivity index (χ1n) is 8.04. The first-order chi connectivity index (χ1) is 11.5. The Kier molecular flexibility index (Phi) is 5.61. The van der Waals surface area contributed by atoms with Crippen LogP contribution >= 0.6 is 0 Å². The molecule has 1 amide bonds. The SMILES string of the molecule is CC(C)(C)OC(=O)N[C@H](CN1CCC1)c1ccc(F)c(C(F)(F)F)c1. The molecule has 1 aliphatic heterocycles. The summed E-state index contributed by atoms with van der Waals surface area (Å²) >= 11 is 0. The van der Waals surface area contributed by atoms with Crippen molar-refractivity contribution >= 4 is 6.09 Å². The molecule has 0 aromatic heterocycles. The lowest BCUT2D eigenvalue weighted by atomic mass is 10.0. The molecule has 25 heavy (non-hydrogen) atoms. The van der Waals surface area contributed by atoms with Gasteiger partial charge < -0.3 is 15.0 Å². The van der Waals surface area contributed by atoms with E-state index in [2.05, 4.69) is 5.32 Å². The highest BCUT2D eigenvalue weighted by molar-refractivity contribution is 5.68. The summed E-state index contributed by atoms with van der Waals surface area (Å²) in [5.74, 6) is -1.34. The lowest BCUT2D eigenvalue weighted by Crippen LogP contribution is -2.45. The molecule has 1 aromatic carbocycles. The maximum absolute atomic E-state index is 13.5. The van der Waals surface area contributed by atoms with Crippen LogP contribution in [0, 0.1) is 5.82 Å². The highest BCUT2D eigenvalue weighted by Gasteiger charge is 2.35. The average molecular weight is 362 g/mol. The van der Waals surface area contributed by atoms with Crippen LogP contribution in [0.3, 0.4) is 0 Å². The minimum Gasteiger partial charge on any atom is -0.444 e. The highest BCUT2D eigenvalue weighted by Crippen LogP contribution is 2.33. The Balaban J connectivity index is 2.24. The Morgan fingerprint density at radius 3 is 2.40 bits per heavy atom. The van der Waals surface area contributed by atoms with E-state index >= 15 is 0 Å². The van der Waals surface area contributed by atoms with Crippen molar-refractivity contribution in [3.8, 4) is 0 Å². The third kappa shape index (κ3) is 5.59. The second kappa shape index (κ2) is 7.19. The van der Waals surface area contributed by atoms with Gasteiger partial charge in [-0.1, -0.05) is 6.07 Å². The molecule has 0 bridgehead atoms. The molecule has 0 radical (unpaired) electrons. The van der Waals surface area contributed by atoms with E-state index < -0.39 is 35.3 Å². The minimum absolute atomic E-state index is 0.187. The fourth-order valence-corrected chi connectivity index (χ4v) is 2.48. The van der Waals surface area contributed by atoms with Gasteiger partial charge in [0.1, 0.15) is 11.4 Å². The molecule has 0 saturated carbocycles. The maximum Gasteiger partial charge on any atom is 0.419 e. The molecule has 1 saturated heterocycles. The van der Waals surface area contributed by atoms with Gasteiger partial charge in [0.05, 0.1) is 11.6 Å². The number of hydrogen-bond donors (Lipinski definition) is 1. The summed E-state index contributed by atoms with van der Waals surface area (Å²) < 4.78 is 57.6. The van der Waals surface area contributed by atoms with Gasteiger partial charge in [-0.2, -0.15) is 13.2 Å². The van der Waals surface area contributed by atoms with Crippen molar-refractivity contribution < 1.29 is 27.1 Å². The van der Waals surface area contributed by atoms with Crippen LogP contribution in [0.1, 0.15) is 44.4 Å².